The van der Waals surface area contributed by atoms with Crippen LogP contribution in [0.15, 0.2) is 24.3 Å². The van der Waals surface area contributed by atoms with Gasteiger partial charge < -0.3 is 15.8 Å². The maximum absolute atomic E-state index is 11.6. The standard InChI is InChI=1S/C14H20N2O2.ClH/c1-10(15)14(17)16-12-8-4-5-9-13(12)18-11-6-2-3-7-11;/h4-5,8-11H,2-3,6-7,15H2,1H3,(H,16,17);1H/t10-;/m0./s1. The Labute approximate surface area is 120 Å². The summed E-state index contributed by atoms with van der Waals surface area (Å²) in [7, 11) is 0. The molecule has 0 heterocycles. The smallest absolute Gasteiger partial charge is 0.241 e. The highest BCUT2D eigenvalue weighted by Gasteiger charge is 2.18. The van der Waals surface area contributed by atoms with Gasteiger partial charge in [-0.2, -0.15) is 0 Å². The van der Waals surface area contributed by atoms with E-state index in [1.165, 1.54) is 12.8 Å². The maximum Gasteiger partial charge on any atom is 0.241 e. The lowest BCUT2D eigenvalue weighted by Gasteiger charge is -2.17. The summed E-state index contributed by atoms with van der Waals surface area (Å²) in [6.45, 7) is 1.66. The molecule has 5 heteroatoms. The van der Waals surface area contributed by atoms with Gasteiger partial charge in [-0.1, -0.05) is 12.1 Å². The van der Waals surface area contributed by atoms with E-state index in [4.69, 9.17) is 10.5 Å². The number of carbonyl (C=O) groups excluding carboxylic acids is 1. The Kier molecular flexibility index (Phi) is 6.12. The molecule has 0 bridgehead atoms. The highest BCUT2D eigenvalue weighted by molar-refractivity contribution is 5.95. The average Bonchev–Trinajstić information content (AvgIpc) is 2.84. The fourth-order valence-corrected chi connectivity index (χ4v) is 2.11. The van der Waals surface area contributed by atoms with Crippen molar-refractivity contribution < 1.29 is 9.53 Å². The SMILES string of the molecule is C[C@H](N)C(=O)Nc1ccccc1OC1CCCC1.Cl. The molecular formula is C14H21ClN2O2. The Balaban J connectivity index is 0.00000180. The first-order valence-electron chi connectivity index (χ1n) is 6.49. The number of hydrogen-bond acceptors (Lipinski definition) is 3. The van der Waals surface area contributed by atoms with E-state index in [9.17, 15) is 4.79 Å². The average molecular weight is 285 g/mol. The van der Waals surface area contributed by atoms with Gasteiger partial charge in [0, 0.05) is 0 Å². The summed E-state index contributed by atoms with van der Waals surface area (Å²) in [4.78, 5) is 11.6. The summed E-state index contributed by atoms with van der Waals surface area (Å²) >= 11 is 0. The molecule has 19 heavy (non-hydrogen) atoms. The molecule has 0 radical (unpaired) electrons. The van der Waals surface area contributed by atoms with E-state index < -0.39 is 6.04 Å². The van der Waals surface area contributed by atoms with Crippen molar-refractivity contribution in [2.45, 2.75) is 44.8 Å². The first kappa shape index (κ1) is 15.8. The van der Waals surface area contributed by atoms with Gasteiger partial charge in [-0.25, -0.2) is 0 Å². The molecule has 0 saturated heterocycles. The van der Waals surface area contributed by atoms with Gasteiger partial charge in [0.15, 0.2) is 0 Å². The number of anilines is 1. The molecule has 1 aliphatic rings. The van der Waals surface area contributed by atoms with Gasteiger partial charge in [0.2, 0.25) is 5.91 Å². The third kappa shape index (κ3) is 4.40. The zero-order valence-corrected chi connectivity index (χ0v) is 11.9. The van der Waals surface area contributed by atoms with Crippen molar-refractivity contribution in [3.05, 3.63) is 24.3 Å². The Hall–Kier alpha value is -1.26. The molecular weight excluding hydrogens is 264 g/mol. The van der Waals surface area contributed by atoms with Crippen LogP contribution >= 0.6 is 12.4 Å². The van der Waals surface area contributed by atoms with Gasteiger partial charge in [0.1, 0.15) is 5.75 Å². The van der Waals surface area contributed by atoms with E-state index in [1.807, 2.05) is 24.3 Å². The summed E-state index contributed by atoms with van der Waals surface area (Å²) in [5.74, 6) is 0.538. The van der Waals surface area contributed by atoms with Crippen molar-refractivity contribution in [2.24, 2.45) is 5.73 Å². The largest absolute Gasteiger partial charge is 0.488 e. The van der Waals surface area contributed by atoms with Gasteiger partial charge in [-0.3, -0.25) is 4.79 Å². The Morgan fingerprint density at radius 3 is 2.63 bits per heavy atom. The third-order valence-corrected chi connectivity index (χ3v) is 3.15. The molecule has 1 fully saturated rings. The van der Waals surface area contributed by atoms with Crippen LogP contribution in [0.4, 0.5) is 5.69 Å². The zero-order chi connectivity index (χ0) is 13.0. The van der Waals surface area contributed by atoms with Crippen LogP contribution in [0.3, 0.4) is 0 Å². The number of rotatable bonds is 4. The third-order valence-electron chi connectivity index (χ3n) is 3.15. The highest BCUT2D eigenvalue weighted by Crippen LogP contribution is 2.29. The quantitative estimate of drug-likeness (QED) is 0.893. The van der Waals surface area contributed by atoms with Crippen LogP contribution in [0.25, 0.3) is 0 Å². The number of nitrogens with two attached hydrogens (primary N) is 1. The predicted octanol–water partition coefficient (Wildman–Crippen LogP) is 2.72. The lowest BCUT2D eigenvalue weighted by Crippen LogP contribution is -2.32. The lowest BCUT2D eigenvalue weighted by molar-refractivity contribution is -0.117. The van der Waals surface area contributed by atoms with Gasteiger partial charge in [0.25, 0.3) is 0 Å². The van der Waals surface area contributed by atoms with E-state index in [0.717, 1.165) is 18.6 Å². The second-order valence-corrected chi connectivity index (χ2v) is 4.80. The Morgan fingerprint density at radius 1 is 1.37 bits per heavy atom. The molecule has 1 aliphatic carbocycles. The van der Waals surface area contributed by atoms with Crippen LogP contribution in [0.1, 0.15) is 32.6 Å². The first-order chi connectivity index (χ1) is 8.66. The minimum Gasteiger partial charge on any atom is -0.488 e. The van der Waals surface area contributed by atoms with E-state index in [2.05, 4.69) is 5.32 Å². The Bertz CT molecular complexity index is 418. The second kappa shape index (κ2) is 7.36. The maximum atomic E-state index is 11.6. The van der Waals surface area contributed by atoms with Crippen LogP contribution in [0.2, 0.25) is 0 Å². The molecule has 3 N–H and O–H groups in total. The van der Waals surface area contributed by atoms with Crippen LogP contribution in [0.5, 0.6) is 5.75 Å². The van der Waals surface area contributed by atoms with E-state index in [0.29, 0.717) is 5.69 Å². The number of nitrogens with one attached hydrogen (secondary N) is 1. The number of halogens is 1. The van der Waals surface area contributed by atoms with Gasteiger partial charge in [0.05, 0.1) is 17.8 Å². The highest BCUT2D eigenvalue weighted by atomic mass is 35.5. The molecule has 0 spiro atoms. The number of carbonyl (C=O) groups is 1. The Morgan fingerprint density at radius 2 is 2.00 bits per heavy atom. The normalized spacial score (nSPS) is 16.5. The number of amides is 1. The molecule has 1 aromatic carbocycles. The molecule has 0 aliphatic heterocycles. The lowest BCUT2D eigenvalue weighted by atomic mass is 10.2. The van der Waals surface area contributed by atoms with Crippen LogP contribution in [-0.4, -0.2) is 18.1 Å². The molecule has 4 nitrogen and oxygen atoms in total. The van der Waals surface area contributed by atoms with Crippen molar-refractivity contribution in [1.29, 1.82) is 0 Å². The van der Waals surface area contributed by atoms with Crippen LogP contribution in [0, 0.1) is 0 Å². The summed E-state index contributed by atoms with van der Waals surface area (Å²) in [5.41, 5.74) is 6.25. The minimum absolute atomic E-state index is 0. The summed E-state index contributed by atoms with van der Waals surface area (Å²) < 4.78 is 5.93. The molecule has 2 rings (SSSR count). The molecule has 0 unspecified atom stereocenters. The first-order valence-corrected chi connectivity index (χ1v) is 6.49. The van der Waals surface area contributed by atoms with Crippen molar-refractivity contribution >= 4 is 24.0 Å². The van der Waals surface area contributed by atoms with Crippen LogP contribution in [-0.2, 0) is 4.79 Å². The molecule has 1 aromatic rings. The minimum atomic E-state index is -0.524. The summed E-state index contributed by atoms with van der Waals surface area (Å²) in [6.07, 6.45) is 4.90. The van der Waals surface area contributed by atoms with Crippen molar-refractivity contribution in [3.8, 4) is 5.75 Å². The van der Waals surface area contributed by atoms with Crippen LogP contribution < -0.4 is 15.8 Å². The van der Waals surface area contributed by atoms with E-state index in [-0.39, 0.29) is 24.4 Å². The number of ether oxygens (including phenoxy) is 1. The fourth-order valence-electron chi connectivity index (χ4n) is 2.11. The summed E-state index contributed by atoms with van der Waals surface area (Å²) in [6, 6.07) is 6.98. The van der Waals surface area contributed by atoms with Gasteiger partial charge in [-0.15, -0.1) is 12.4 Å². The topological polar surface area (TPSA) is 64.4 Å². The second-order valence-electron chi connectivity index (χ2n) is 4.80. The number of benzene rings is 1. The zero-order valence-electron chi connectivity index (χ0n) is 11.1. The molecule has 1 saturated carbocycles. The van der Waals surface area contributed by atoms with E-state index in [1.54, 1.807) is 6.92 Å². The van der Waals surface area contributed by atoms with Gasteiger partial charge >= 0.3 is 0 Å². The number of hydrogen-bond donors (Lipinski definition) is 2. The monoisotopic (exact) mass is 284 g/mol. The number of para-hydroxylation sites is 2. The summed E-state index contributed by atoms with van der Waals surface area (Å²) in [5, 5.41) is 2.79. The molecule has 0 aromatic heterocycles. The fraction of sp³-hybridized carbons (Fsp3) is 0.500. The molecule has 1 atom stereocenters. The molecule has 106 valence electrons. The van der Waals surface area contributed by atoms with Crippen molar-refractivity contribution in [1.82, 2.24) is 0 Å². The van der Waals surface area contributed by atoms with Crippen molar-refractivity contribution in [2.75, 3.05) is 5.32 Å². The van der Waals surface area contributed by atoms with E-state index >= 15 is 0 Å². The van der Waals surface area contributed by atoms with Gasteiger partial charge in [-0.05, 0) is 44.7 Å². The predicted molar refractivity (Wildman–Crippen MR) is 78.9 cm³/mol. The van der Waals surface area contributed by atoms with Crippen molar-refractivity contribution in [3.63, 3.8) is 0 Å². The molecule has 1 amide bonds.